The molecule has 3 aromatic rings. The van der Waals surface area contributed by atoms with Gasteiger partial charge in [0.15, 0.2) is 11.5 Å². The first-order chi connectivity index (χ1) is 15.3. The molecule has 0 radical (unpaired) electrons. The second-order valence-electron chi connectivity index (χ2n) is 7.12. The molecule has 0 aliphatic heterocycles. The maximum Gasteiger partial charge on any atom is 0.255 e. The minimum atomic E-state index is -0.380. The summed E-state index contributed by atoms with van der Waals surface area (Å²) in [6.45, 7) is 0. The van der Waals surface area contributed by atoms with Gasteiger partial charge in [0.2, 0.25) is 0 Å². The molecule has 3 rings (SSSR count). The molecule has 0 unspecified atom stereocenters. The highest BCUT2D eigenvalue weighted by molar-refractivity contribution is 6.34. The standard InChI is InChI=1S/C24H24ClN3O4/c1-28(2)18-7-5-6-15(12-18)23(29)26-17-9-10-19(25)20(14-17)27-24(30)16-8-11-21(31-3)22(13-16)32-4/h5-14H,1-4H3,(H,26,29)(H,27,30). The average Bonchev–Trinajstić information content (AvgIpc) is 2.80. The van der Waals surface area contributed by atoms with Crippen molar-refractivity contribution in [1.29, 1.82) is 0 Å². The van der Waals surface area contributed by atoms with E-state index in [1.54, 1.807) is 48.5 Å². The summed E-state index contributed by atoms with van der Waals surface area (Å²) in [7, 11) is 6.83. The quantitative estimate of drug-likeness (QED) is 0.530. The maximum absolute atomic E-state index is 12.7. The van der Waals surface area contributed by atoms with E-state index in [-0.39, 0.29) is 11.8 Å². The summed E-state index contributed by atoms with van der Waals surface area (Å²) in [5.41, 5.74) is 2.66. The van der Waals surface area contributed by atoms with Crippen molar-refractivity contribution < 1.29 is 19.1 Å². The molecular formula is C24H24ClN3O4. The summed E-state index contributed by atoms with van der Waals surface area (Å²) < 4.78 is 10.4. The number of methoxy groups -OCH3 is 2. The lowest BCUT2D eigenvalue weighted by atomic mass is 10.1. The lowest BCUT2D eigenvalue weighted by Gasteiger charge is -2.14. The molecule has 2 amide bonds. The fourth-order valence-electron chi connectivity index (χ4n) is 3.00. The number of amides is 2. The van der Waals surface area contributed by atoms with Gasteiger partial charge in [-0.3, -0.25) is 9.59 Å². The Hall–Kier alpha value is -3.71. The number of halogens is 1. The van der Waals surface area contributed by atoms with Crippen molar-refractivity contribution in [2.24, 2.45) is 0 Å². The Kier molecular flexibility index (Phi) is 7.22. The van der Waals surface area contributed by atoms with E-state index in [9.17, 15) is 9.59 Å². The van der Waals surface area contributed by atoms with Crippen LogP contribution < -0.4 is 25.0 Å². The van der Waals surface area contributed by atoms with Crippen LogP contribution in [0.2, 0.25) is 5.02 Å². The van der Waals surface area contributed by atoms with Crippen molar-refractivity contribution in [3.63, 3.8) is 0 Å². The van der Waals surface area contributed by atoms with Crippen LogP contribution in [0.25, 0.3) is 0 Å². The van der Waals surface area contributed by atoms with Crippen LogP contribution in [0.3, 0.4) is 0 Å². The molecule has 7 nitrogen and oxygen atoms in total. The lowest BCUT2D eigenvalue weighted by Crippen LogP contribution is -2.15. The molecule has 8 heteroatoms. The average molecular weight is 454 g/mol. The van der Waals surface area contributed by atoms with E-state index in [4.69, 9.17) is 21.1 Å². The number of hydrogen-bond donors (Lipinski definition) is 2. The van der Waals surface area contributed by atoms with E-state index in [0.717, 1.165) is 5.69 Å². The van der Waals surface area contributed by atoms with Crippen LogP contribution in [-0.4, -0.2) is 40.1 Å². The smallest absolute Gasteiger partial charge is 0.255 e. The number of anilines is 3. The number of carbonyl (C=O) groups excluding carboxylic acids is 2. The van der Waals surface area contributed by atoms with Gasteiger partial charge >= 0.3 is 0 Å². The summed E-state index contributed by atoms with van der Waals surface area (Å²) in [6.07, 6.45) is 0. The minimum Gasteiger partial charge on any atom is -0.493 e. The van der Waals surface area contributed by atoms with Crippen molar-refractivity contribution in [1.82, 2.24) is 0 Å². The molecule has 0 fully saturated rings. The number of hydrogen-bond acceptors (Lipinski definition) is 5. The van der Waals surface area contributed by atoms with Gasteiger partial charge < -0.3 is 25.0 Å². The first-order valence-electron chi connectivity index (χ1n) is 9.74. The number of ether oxygens (including phenoxy) is 2. The molecule has 3 aromatic carbocycles. The summed E-state index contributed by atoms with van der Waals surface area (Å²) in [5, 5.41) is 5.94. The number of carbonyl (C=O) groups is 2. The first kappa shape index (κ1) is 23.0. The Morgan fingerprint density at radius 1 is 0.812 bits per heavy atom. The fourth-order valence-corrected chi connectivity index (χ4v) is 3.16. The number of nitrogens with zero attached hydrogens (tertiary/aromatic N) is 1. The molecule has 32 heavy (non-hydrogen) atoms. The van der Waals surface area contributed by atoms with Gasteiger partial charge in [-0.1, -0.05) is 17.7 Å². The highest BCUT2D eigenvalue weighted by atomic mass is 35.5. The SMILES string of the molecule is COc1ccc(C(=O)Nc2cc(NC(=O)c3cccc(N(C)C)c3)ccc2Cl)cc1OC. The van der Waals surface area contributed by atoms with E-state index in [1.165, 1.54) is 14.2 Å². The predicted molar refractivity (Wildman–Crippen MR) is 128 cm³/mol. The second-order valence-corrected chi connectivity index (χ2v) is 7.52. The van der Waals surface area contributed by atoms with E-state index in [0.29, 0.717) is 39.0 Å². The normalized spacial score (nSPS) is 10.3. The molecule has 0 atom stereocenters. The molecule has 0 saturated carbocycles. The molecule has 166 valence electrons. The van der Waals surface area contributed by atoms with Crippen LogP contribution in [0.4, 0.5) is 17.1 Å². The van der Waals surface area contributed by atoms with E-state index >= 15 is 0 Å². The number of rotatable bonds is 7. The van der Waals surface area contributed by atoms with Crippen LogP contribution in [0.1, 0.15) is 20.7 Å². The molecule has 0 aliphatic carbocycles. The van der Waals surface area contributed by atoms with E-state index < -0.39 is 0 Å². The van der Waals surface area contributed by atoms with Crippen molar-refractivity contribution in [2.45, 2.75) is 0 Å². The highest BCUT2D eigenvalue weighted by Gasteiger charge is 2.14. The third-order valence-electron chi connectivity index (χ3n) is 4.74. The first-order valence-corrected chi connectivity index (χ1v) is 10.1. The van der Waals surface area contributed by atoms with Crippen LogP contribution >= 0.6 is 11.6 Å². The third kappa shape index (κ3) is 5.31. The van der Waals surface area contributed by atoms with E-state index in [1.807, 2.05) is 31.1 Å². The van der Waals surface area contributed by atoms with E-state index in [2.05, 4.69) is 10.6 Å². The van der Waals surface area contributed by atoms with Gasteiger partial charge in [0.1, 0.15) is 0 Å². The second kappa shape index (κ2) is 10.1. The predicted octanol–water partition coefficient (Wildman–Crippen LogP) is 4.93. The Labute approximate surface area is 191 Å². The Morgan fingerprint density at radius 3 is 2.19 bits per heavy atom. The summed E-state index contributed by atoms with van der Waals surface area (Å²) in [5.74, 6) is 0.306. The number of benzene rings is 3. The molecule has 0 heterocycles. The minimum absolute atomic E-state index is 0.270. The molecule has 0 saturated heterocycles. The molecule has 0 bridgehead atoms. The van der Waals surface area contributed by atoms with Gasteiger partial charge in [0.05, 0.1) is 24.9 Å². The van der Waals surface area contributed by atoms with Gasteiger partial charge in [-0.25, -0.2) is 0 Å². The van der Waals surface area contributed by atoms with Crippen LogP contribution in [-0.2, 0) is 0 Å². The molecule has 0 aliphatic rings. The third-order valence-corrected chi connectivity index (χ3v) is 5.07. The lowest BCUT2D eigenvalue weighted by molar-refractivity contribution is 0.101. The number of nitrogens with one attached hydrogen (secondary N) is 2. The Morgan fingerprint density at radius 2 is 1.50 bits per heavy atom. The zero-order valence-electron chi connectivity index (χ0n) is 18.2. The van der Waals surface area contributed by atoms with Crippen molar-refractivity contribution >= 4 is 40.5 Å². The topological polar surface area (TPSA) is 79.9 Å². The van der Waals surface area contributed by atoms with Gasteiger partial charge in [-0.15, -0.1) is 0 Å². The monoisotopic (exact) mass is 453 g/mol. The van der Waals surface area contributed by atoms with Crippen LogP contribution in [0.15, 0.2) is 60.7 Å². The largest absolute Gasteiger partial charge is 0.493 e. The Balaban J connectivity index is 1.78. The van der Waals surface area contributed by atoms with Gasteiger partial charge in [0.25, 0.3) is 11.8 Å². The Bertz CT molecular complexity index is 1150. The molecule has 0 aromatic heterocycles. The molecule has 0 spiro atoms. The van der Waals surface area contributed by atoms with Crippen molar-refractivity contribution in [3.05, 3.63) is 76.8 Å². The van der Waals surface area contributed by atoms with Gasteiger partial charge in [-0.2, -0.15) is 0 Å². The summed E-state index contributed by atoms with van der Waals surface area (Å²) in [4.78, 5) is 27.3. The van der Waals surface area contributed by atoms with Gasteiger partial charge in [-0.05, 0) is 54.6 Å². The van der Waals surface area contributed by atoms with Crippen LogP contribution in [0, 0.1) is 0 Å². The van der Waals surface area contributed by atoms with Crippen LogP contribution in [0.5, 0.6) is 11.5 Å². The molecule has 2 N–H and O–H groups in total. The van der Waals surface area contributed by atoms with Crippen molar-refractivity contribution in [3.8, 4) is 11.5 Å². The van der Waals surface area contributed by atoms with Gasteiger partial charge in [0, 0.05) is 36.6 Å². The summed E-state index contributed by atoms with van der Waals surface area (Å²) >= 11 is 6.27. The maximum atomic E-state index is 12.7. The fraction of sp³-hybridized carbons (Fsp3) is 0.167. The highest BCUT2D eigenvalue weighted by Crippen LogP contribution is 2.30. The molecular weight excluding hydrogens is 430 g/mol. The summed E-state index contributed by atoms with van der Waals surface area (Å²) in [6, 6.07) is 17.0. The zero-order chi connectivity index (χ0) is 23.3. The van der Waals surface area contributed by atoms with Crippen molar-refractivity contribution in [2.75, 3.05) is 43.8 Å². The zero-order valence-corrected chi connectivity index (χ0v) is 19.0.